The van der Waals surface area contributed by atoms with Crippen molar-refractivity contribution < 1.29 is 0 Å². The molecule has 2 aromatic heterocycles. The molecular formula is C12H8ClN5S. The largest absolute Gasteiger partial charge is 0.382 e. The number of nitrogens with two attached hydrogens (primary N) is 1. The Balaban J connectivity index is 2.24. The molecule has 0 saturated heterocycles. The number of benzene rings is 1. The van der Waals surface area contributed by atoms with Gasteiger partial charge in [-0.1, -0.05) is 22.9 Å². The molecule has 0 bridgehead atoms. The third-order valence-electron chi connectivity index (χ3n) is 2.84. The molecule has 1 aromatic carbocycles. The maximum Gasteiger partial charge on any atom is 0.213 e. The van der Waals surface area contributed by atoms with E-state index >= 15 is 0 Å². The first-order valence-corrected chi connectivity index (χ1v) is 6.61. The Bertz CT molecular complexity index is 827. The number of halogens is 1. The summed E-state index contributed by atoms with van der Waals surface area (Å²) >= 11 is 7.53. The monoisotopic (exact) mass is 289 g/mol. The number of nitrogen functional groups attached to an aromatic ring is 1. The number of anilines is 1. The van der Waals surface area contributed by atoms with E-state index in [1.807, 2.05) is 25.1 Å². The molecule has 94 valence electrons. The van der Waals surface area contributed by atoms with E-state index in [0.29, 0.717) is 21.5 Å². The molecule has 0 radical (unpaired) electrons. The van der Waals surface area contributed by atoms with E-state index in [1.165, 1.54) is 22.2 Å². The van der Waals surface area contributed by atoms with E-state index in [-0.39, 0.29) is 0 Å². The number of hydrogen-bond donors (Lipinski definition) is 1. The van der Waals surface area contributed by atoms with Crippen molar-refractivity contribution in [2.75, 3.05) is 5.73 Å². The van der Waals surface area contributed by atoms with Crippen LogP contribution in [-0.2, 0) is 0 Å². The summed E-state index contributed by atoms with van der Waals surface area (Å²) < 4.78 is 2.47. The van der Waals surface area contributed by atoms with E-state index < -0.39 is 0 Å². The van der Waals surface area contributed by atoms with Crippen molar-refractivity contribution in [2.24, 2.45) is 0 Å². The van der Waals surface area contributed by atoms with Crippen LogP contribution in [0.2, 0.25) is 5.02 Å². The fourth-order valence-corrected chi connectivity index (χ4v) is 2.93. The molecule has 7 heteroatoms. The van der Waals surface area contributed by atoms with Crippen molar-refractivity contribution in [3.05, 3.63) is 34.5 Å². The van der Waals surface area contributed by atoms with Gasteiger partial charge in [0.25, 0.3) is 0 Å². The third kappa shape index (κ3) is 1.75. The second-order valence-electron chi connectivity index (χ2n) is 3.98. The second kappa shape index (κ2) is 4.23. The Morgan fingerprint density at radius 2 is 2.26 bits per heavy atom. The van der Waals surface area contributed by atoms with Crippen molar-refractivity contribution in [1.82, 2.24) is 14.8 Å². The van der Waals surface area contributed by atoms with Crippen LogP contribution in [0.1, 0.15) is 11.1 Å². The van der Waals surface area contributed by atoms with Gasteiger partial charge in [0, 0.05) is 5.02 Å². The summed E-state index contributed by atoms with van der Waals surface area (Å²) in [6, 6.07) is 5.74. The number of fused-ring (bicyclic) bond motifs is 1. The zero-order valence-corrected chi connectivity index (χ0v) is 11.5. The summed E-state index contributed by atoms with van der Waals surface area (Å²) in [5, 5.41) is 14.3. The van der Waals surface area contributed by atoms with Crippen LogP contribution in [0.15, 0.2) is 18.3 Å². The van der Waals surface area contributed by atoms with Gasteiger partial charge >= 0.3 is 0 Å². The van der Waals surface area contributed by atoms with Gasteiger partial charge in [-0.15, -0.1) is 0 Å². The van der Waals surface area contributed by atoms with Crippen molar-refractivity contribution in [1.29, 1.82) is 5.26 Å². The fourth-order valence-electron chi connectivity index (χ4n) is 1.78. The normalized spacial score (nSPS) is 10.8. The lowest BCUT2D eigenvalue weighted by atomic mass is 10.2. The van der Waals surface area contributed by atoms with Gasteiger partial charge in [0.15, 0.2) is 0 Å². The summed E-state index contributed by atoms with van der Waals surface area (Å²) in [4.78, 5) is 4.50. The third-order valence-corrected chi connectivity index (χ3v) is 4.25. The summed E-state index contributed by atoms with van der Waals surface area (Å²) in [7, 11) is 0. The molecular weight excluding hydrogens is 282 g/mol. The molecule has 5 nitrogen and oxygen atoms in total. The van der Waals surface area contributed by atoms with Crippen LogP contribution in [0, 0.1) is 18.3 Å². The topological polar surface area (TPSA) is 80.5 Å². The molecule has 0 saturated carbocycles. The molecule has 0 aliphatic carbocycles. The summed E-state index contributed by atoms with van der Waals surface area (Å²) in [5.41, 5.74) is 7.95. The molecule has 0 amide bonds. The first-order chi connectivity index (χ1) is 9.11. The minimum atomic E-state index is 0.297. The van der Waals surface area contributed by atoms with Crippen LogP contribution in [0.25, 0.3) is 15.3 Å². The fraction of sp³-hybridized carbons (Fsp3) is 0.0833. The molecule has 0 atom stereocenters. The smallest absolute Gasteiger partial charge is 0.213 e. The number of rotatable bonds is 1. The van der Waals surface area contributed by atoms with Gasteiger partial charge < -0.3 is 5.73 Å². The molecule has 0 aliphatic heterocycles. The number of nitriles is 1. The predicted molar refractivity (Wildman–Crippen MR) is 75.6 cm³/mol. The van der Waals surface area contributed by atoms with Crippen LogP contribution < -0.4 is 5.73 Å². The van der Waals surface area contributed by atoms with Crippen molar-refractivity contribution >= 4 is 39.0 Å². The highest BCUT2D eigenvalue weighted by molar-refractivity contribution is 7.20. The van der Waals surface area contributed by atoms with Crippen molar-refractivity contribution in [2.45, 2.75) is 6.92 Å². The summed E-state index contributed by atoms with van der Waals surface area (Å²) in [6.45, 7) is 1.92. The van der Waals surface area contributed by atoms with Gasteiger partial charge in [0.1, 0.15) is 17.5 Å². The number of aryl methyl sites for hydroxylation is 1. The first kappa shape index (κ1) is 12.0. The molecule has 19 heavy (non-hydrogen) atoms. The van der Waals surface area contributed by atoms with Crippen molar-refractivity contribution in [3.8, 4) is 11.2 Å². The standard InChI is InChI=1S/C12H8ClN5S/c1-6-8(13)2-3-9-10(6)17-12(19-9)18-11(15)7(4-14)5-16-18/h2-3,5H,15H2,1H3. The Morgan fingerprint density at radius 3 is 2.95 bits per heavy atom. The molecule has 0 unspecified atom stereocenters. The van der Waals surface area contributed by atoms with Gasteiger partial charge in [0.2, 0.25) is 5.13 Å². The average molecular weight is 290 g/mol. The van der Waals surface area contributed by atoms with Crippen LogP contribution >= 0.6 is 22.9 Å². The quantitative estimate of drug-likeness (QED) is 0.747. The average Bonchev–Trinajstić information content (AvgIpc) is 2.97. The van der Waals surface area contributed by atoms with Crippen LogP contribution in [0.5, 0.6) is 0 Å². The number of aromatic nitrogens is 3. The maximum absolute atomic E-state index is 8.88. The van der Waals surface area contributed by atoms with Gasteiger partial charge in [-0.2, -0.15) is 15.0 Å². The van der Waals surface area contributed by atoms with E-state index in [4.69, 9.17) is 22.6 Å². The highest BCUT2D eigenvalue weighted by atomic mass is 35.5. The van der Waals surface area contributed by atoms with Crippen LogP contribution in [-0.4, -0.2) is 14.8 Å². The zero-order valence-electron chi connectivity index (χ0n) is 9.88. The minimum Gasteiger partial charge on any atom is -0.382 e. The van der Waals surface area contributed by atoms with Crippen LogP contribution in [0.3, 0.4) is 0 Å². The number of hydrogen-bond acceptors (Lipinski definition) is 5. The summed E-state index contributed by atoms with van der Waals surface area (Å²) in [6.07, 6.45) is 1.43. The molecule has 3 aromatic rings. The maximum atomic E-state index is 8.88. The van der Waals surface area contributed by atoms with Gasteiger partial charge in [-0.25, -0.2) is 4.98 Å². The Kier molecular flexibility index (Phi) is 2.66. The lowest BCUT2D eigenvalue weighted by molar-refractivity contribution is 0.883. The van der Waals surface area contributed by atoms with E-state index in [9.17, 15) is 0 Å². The SMILES string of the molecule is Cc1c(Cl)ccc2sc(-n3ncc(C#N)c3N)nc12. The summed E-state index contributed by atoms with van der Waals surface area (Å²) in [5.74, 6) is 0.297. The molecule has 3 rings (SSSR count). The van der Waals surface area contributed by atoms with Gasteiger partial charge in [0.05, 0.1) is 16.4 Å². The first-order valence-electron chi connectivity index (χ1n) is 5.41. The molecule has 0 aliphatic rings. The van der Waals surface area contributed by atoms with Crippen LogP contribution in [0.4, 0.5) is 5.82 Å². The van der Waals surface area contributed by atoms with Gasteiger partial charge in [-0.05, 0) is 24.6 Å². The van der Waals surface area contributed by atoms with E-state index in [2.05, 4.69) is 10.1 Å². The molecule has 2 heterocycles. The zero-order chi connectivity index (χ0) is 13.6. The Labute approximate surface area is 117 Å². The molecule has 0 spiro atoms. The van der Waals surface area contributed by atoms with E-state index in [0.717, 1.165) is 15.8 Å². The predicted octanol–water partition coefficient (Wildman–Crippen LogP) is 2.90. The number of thiazole rings is 1. The lowest BCUT2D eigenvalue weighted by Crippen LogP contribution is -2.01. The highest BCUT2D eigenvalue weighted by Gasteiger charge is 2.14. The van der Waals surface area contributed by atoms with Gasteiger partial charge in [-0.3, -0.25) is 0 Å². The number of nitrogens with zero attached hydrogens (tertiary/aromatic N) is 4. The lowest BCUT2D eigenvalue weighted by Gasteiger charge is -1.97. The second-order valence-corrected chi connectivity index (χ2v) is 5.40. The Hall–Kier alpha value is -2.10. The van der Waals surface area contributed by atoms with E-state index in [1.54, 1.807) is 0 Å². The molecule has 0 fully saturated rings. The minimum absolute atomic E-state index is 0.297. The highest BCUT2D eigenvalue weighted by Crippen LogP contribution is 2.31. The Morgan fingerprint density at radius 1 is 1.47 bits per heavy atom. The molecule has 2 N–H and O–H groups in total. The van der Waals surface area contributed by atoms with Crippen molar-refractivity contribution in [3.63, 3.8) is 0 Å².